The van der Waals surface area contributed by atoms with E-state index < -0.39 is 5.60 Å². The predicted molar refractivity (Wildman–Crippen MR) is 55.6 cm³/mol. The second-order valence-electron chi connectivity index (χ2n) is 5.43. The zero-order chi connectivity index (χ0) is 11.1. The van der Waals surface area contributed by atoms with Crippen molar-refractivity contribution in [3.8, 4) is 0 Å². The Labute approximate surface area is 90.3 Å². The number of epoxide rings is 1. The van der Waals surface area contributed by atoms with Crippen molar-refractivity contribution >= 4 is 6.09 Å². The molecular weight excluding hydrogens is 194 g/mol. The summed E-state index contributed by atoms with van der Waals surface area (Å²) >= 11 is 0. The van der Waals surface area contributed by atoms with Crippen LogP contribution in [0.25, 0.3) is 0 Å². The first-order chi connectivity index (χ1) is 6.94. The molecule has 86 valence electrons. The van der Waals surface area contributed by atoms with Crippen LogP contribution in [-0.2, 0) is 9.47 Å². The average Bonchev–Trinajstić information content (AvgIpc) is 2.68. The van der Waals surface area contributed by atoms with E-state index in [1.54, 1.807) is 0 Å². The molecule has 0 aromatic rings. The molecule has 1 aliphatic heterocycles. The smallest absolute Gasteiger partial charge is 0.407 e. The van der Waals surface area contributed by atoms with Crippen LogP contribution in [0.4, 0.5) is 4.79 Å². The third kappa shape index (κ3) is 3.09. The number of nitrogens with one attached hydrogen (secondary N) is 1. The molecule has 3 atom stereocenters. The lowest BCUT2D eigenvalue weighted by atomic mass is 10.1. The Bertz CT molecular complexity index is 249. The minimum absolute atomic E-state index is 0.316. The van der Waals surface area contributed by atoms with Gasteiger partial charge in [0, 0.05) is 6.54 Å². The lowest BCUT2D eigenvalue weighted by Crippen LogP contribution is -2.35. The molecule has 1 N–H and O–H groups in total. The maximum absolute atomic E-state index is 11.3. The Kier molecular flexibility index (Phi) is 2.63. The van der Waals surface area contributed by atoms with Gasteiger partial charge in [0.25, 0.3) is 0 Å². The first-order valence-corrected chi connectivity index (χ1v) is 5.56. The molecule has 1 aliphatic carbocycles. The number of ether oxygens (including phenoxy) is 2. The third-order valence-electron chi connectivity index (χ3n) is 2.75. The van der Waals surface area contributed by atoms with E-state index >= 15 is 0 Å². The summed E-state index contributed by atoms with van der Waals surface area (Å²) in [4.78, 5) is 11.3. The summed E-state index contributed by atoms with van der Waals surface area (Å²) in [6.45, 7) is 6.31. The molecule has 2 rings (SSSR count). The minimum atomic E-state index is -0.412. The normalized spacial score (nSPS) is 33.4. The zero-order valence-corrected chi connectivity index (χ0v) is 9.58. The molecule has 1 heterocycles. The maximum Gasteiger partial charge on any atom is 0.407 e. The summed E-state index contributed by atoms with van der Waals surface area (Å²) in [6, 6.07) is 0. The van der Waals surface area contributed by atoms with Gasteiger partial charge in [-0.3, -0.25) is 0 Å². The van der Waals surface area contributed by atoms with E-state index in [4.69, 9.17) is 9.47 Å². The molecule has 1 amide bonds. The highest BCUT2D eigenvalue weighted by molar-refractivity contribution is 5.67. The lowest BCUT2D eigenvalue weighted by molar-refractivity contribution is 0.0515. The number of carbonyl (C=O) groups excluding carboxylic acids is 1. The number of carbonyl (C=O) groups is 1. The number of hydrogen-bond acceptors (Lipinski definition) is 3. The van der Waals surface area contributed by atoms with Crippen LogP contribution in [0.5, 0.6) is 0 Å². The Balaban J connectivity index is 1.63. The van der Waals surface area contributed by atoms with E-state index in [-0.39, 0.29) is 6.09 Å². The fourth-order valence-electron chi connectivity index (χ4n) is 2.06. The summed E-state index contributed by atoms with van der Waals surface area (Å²) in [5.74, 6) is 0.571. The minimum Gasteiger partial charge on any atom is -0.444 e. The van der Waals surface area contributed by atoms with Gasteiger partial charge in [-0.1, -0.05) is 0 Å². The van der Waals surface area contributed by atoms with Gasteiger partial charge in [0.1, 0.15) is 5.60 Å². The number of amides is 1. The van der Waals surface area contributed by atoms with E-state index in [1.807, 2.05) is 20.8 Å². The second-order valence-corrected chi connectivity index (χ2v) is 5.43. The van der Waals surface area contributed by atoms with Gasteiger partial charge in [0.05, 0.1) is 12.2 Å². The molecule has 2 aliphatic rings. The largest absolute Gasteiger partial charge is 0.444 e. The number of hydrogen-bond donors (Lipinski definition) is 1. The van der Waals surface area contributed by atoms with Crippen LogP contribution in [0.2, 0.25) is 0 Å². The van der Waals surface area contributed by atoms with Crippen molar-refractivity contribution in [3.63, 3.8) is 0 Å². The molecule has 0 aromatic heterocycles. The van der Waals surface area contributed by atoms with E-state index in [0.29, 0.717) is 24.7 Å². The van der Waals surface area contributed by atoms with Gasteiger partial charge in [-0.05, 0) is 39.5 Å². The Morgan fingerprint density at radius 2 is 2.00 bits per heavy atom. The molecule has 0 bridgehead atoms. The molecule has 0 unspecified atom stereocenters. The fraction of sp³-hybridized carbons (Fsp3) is 0.909. The lowest BCUT2D eigenvalue weighted by Gasteiger charge is -2.20. The Morgan fingerprint density at radius 3 is 2.53 bits per heavy atom. The number of rotatable bonds is 2. The highest BCUT2D eigenvalue weighted by Gasteiger charge is 2.47. The van der Waals surface area contributed by atoms with Gasteiger partial charge in [0.2, 0.25) is 0 Å². The van der Waals surface area contributed by atoms with E-state index in [2.05, 4.69) is 5.32 Å². The van der Waals surface area contributed by atoms with Crippen LogP contribution in [0.15, 0.2) is 0 Å². The monoisotopic (exact) mass is 213 g/mol. The first kappa shape index (κ1) is 10.7. The van der Waals surface area contributed by atoms with Crippen molar-refractivity contribution in [2.24, 2.45) is 5.92 Å². The van der Waals surface area contributed by atoms with Gasteiger partial charge < -0.3 is 14.8 Å². The first-order valence-electron chi connectivity index (χ1n) is 5.56. The number of alkyl carbamates (subject to hydrolysis) is 1. The van der Waals surface area contributed by atoms with E-state index in [9.17, 15) is 4.79 Å². The second kappa shape index (κ2) is 3.67. The maximum atomic E-state index is 11.3. The molecule has 1 saturated heterocycles. The predicted octanol–water partition coefficient (Wildman–Crippen LogP) is 1.69. The summed E-state index contributed by atoms with van der Waals surface area (Å²) in [6.07, 6.45) is 2.82. The SMILES string of the molecule is CC(C)(C)OC(=O)NC[C@H]1C[C@@H]2O[C@@H]2C1. The van der Waals surface area contributed by atoms with Crippen LogP contribution in [0, 0.1) is 5.92 Å². The van der Waals surface area contributed by atoms with E-state index in [1.165, 1.54) is 0 Å². The molecule has 0 radical (unpaired) electrons. The van der Waals surface area contributed by atoms with Crippen LogP contribution in [0.3, 0.4) is 0 Å². The topological polar surface area (TPSA) is 50.9 Å². The van der Waals surface area contributed by atoms with Gasteiger partial charge in [-0.15, -0.1) is 0 Å². The highest BCUT2D eigenvalue weighted by Crippen LogP contribution is 2.41. The van der Waals surface area contributed by atoms with Crippen LogP contribution in [-0.4, -0.2) is 30.4 Å². The highest BCUT2D eigenvalue weighted by atomic mass is 16.6. The van der Waals surface area contributed by atoms with Crippen LogP contribution >= 0.6 is 0 Å². The Morgan fingerprint density at radius 1 is 1.40 bits per heavy atom. The molecule has 2 fully saturated rings. The molecule has 4 heteroatoms. The Hall–Kier alpha value is -0.770. The summed E-state index contributed by atoms with van der Waals surface area (Å²) in [7, 11) is 0. The van der Waals surface area contributed by atoms with Crippen molar-refractivity contribution in [1.29, 1.82) is 0 Å². The van der Waals surface area contributed by atoms with Crippen molar-refractivity contribution < 1.29 is 14.3 Å². The summed E-state index contributed by atoms with van der Waals surface area (Å²) in [5, 5.41) is 2.81. The molecule has 0 aromatic carbocycles. The molecule has 0 spiro atoms. The van der Waals surface area contributed by atoms with Gasteiger partial charge in [-0.2, -0.15) is 0 Å². The van der Waals surface area contributed by atoms with Crippen LogP contribution in [0.1, 0.15) is 33.6 Å². The van der Waals surface area contributed by atoms with Gasteiger partial charge in [0.15, 0.2) is 0 Å². The number of fused-ring (bicyclic) bond motifs is 1. The van der Waals surface area contributed by atoms with Crippen LogP contribution < -0.4 is 5.32 Å². The van der Waals surface area contributed by atoms with Gasteiger partial charge in [-0.25, -0.2) is 4.79 Å². The summed E-state index contributed by atoms with van der Waals surface area (Å²) in [5.41, 5.74) is -0.412. The van der Waals surface area contributed by atoms with Crippen molar-refractivity contribution in [1.82, 2.24) is 5.32 Å². The fourth-order valence-corrected chi connectivity index (χ4v) is 2.06. The quantitative estimate of drug-likeness (QED) is 0.710. The van der Waals surface area contributed by atoms with Gasteiger partial charge >= 0.3 is 6.09 Å². The molecule has 15 heavy (non-hydrogen) atoms. The summed E-state index contributed by atoms with van der Waals surface area (Å²) < 4.78 is 10.5. The zero-order valence-electron chi connectivity index (χ0n) is 9.58. The third-order valence-corrected chi connectivity index (χ3v) is 2.75. The molecule has 1 saturated carbocycles. The van der Waals surface area contributed by atoms with E-state index in [0.717, 1.165) is 12.8 Å². The molecular formula is C11H19NO3. The van der Waals surface area contributed by atoms with Crippen molar-refractivity contribution in [2.45, 2.75) is 51.4 Å². The molecule has 4 nitrogen and oxygen atoms in total. The van der Waals surface area contributed by atoms with Crippen molar-refractivity contribution in [2.75, 3.05) is 6.54 Å². The standard InChI is InChI=1S/C11H19NO3/c1-11(2,3)15-10(13)12-6-7-4-8-9(5-7)14-8/h7-9H,4-6H2,1-3H3,(H,12,13)/t7-,8-,9+. The average molecular weight is 213 g/mol. The van der Waals surface area contributed by atoms with Crippen molar-refractivity contribution in [3.05, 3.63) is 0 Å².